The third kappa shape index (κ3) is 3.86. The average Bonchev–Trinajstić information content (AvgIpc) is 3.11. The van der Waals surface area contributed by atoms with E-state index in [-0.39, 0.29) is 30.4 Å². The Morgan fingerprint density at radius 2 is 2.06 bits per heavy atom. The summed E-state index contributed by atoms with van der Waals surface area (Å²) >= 11 is 0. The molecule has 2 N–H and O–H groups in total. The van der Waals surface area contributed by atoms with Gasteiger partial charge in [-0.25, -0.2) is 8.78 Å². The smallest absolute Gasteiger partial charge is 0.276 e. The fourth-order valence-corrected chi connectivity index (χ4v) is 4.19. The summed E-state index contributed by atoms with van der Waals surface area (Å²) in [6.45, 7) is 4.27. The maximum absolute atomic E-state index is 13.8. The maximum atomic E-state index is 13.8. The zero-order valence-electron chi connectivity index (χ0n) is 17.6. The van der Waals surface area contributed by atoms with Gasteiger partial charge in [0, 0.05) is 24.4 Å². The Morgan fingerprint density at radius 3 is 2.75 bits per heavy atom. The number of carbonyl (C=O) groups excluding carboxylic acids is 2. The lowest BCUT2D eigenvalue weighted by Gasteiger charge is -2.35. The molecule has 1 saturated heterocycles. The molecule has 2 aliphatic heterocycles. The highest BCUT2D eigenvalue weighted by molar-refractivity contribution is 5.99. The molecule has 0 aliphatic carbocycles. The molecule has 2 amide bonds. The molecule has 2 aromatic rings. The molecule has 10 heteroatoms. The van der Waals surface area contributed by atoms with Gasteiger partial charge in [0.25, 0.3) is 11.8 Å². The van der Waals surface area contributed by atoms with E-state index in [2.05, 4.69) is 5.32 Å². The van der Waals surface area contributed by atoms with Gasteiger partial charge in [-0.3, -0.25) is 14.4 Å². The highest BCUT2D eigenvalue weighted by atomic mass is 19.1. The molecular formula is C22H23F2N3O5. The molecule has 3 heterocycles. The molecule has 170 valence electrons. The average molecular weight is 447 g/mol. The van der Waals surface area contributed by atoms with Crippen LogP contribution in [-0.4, -0.2) is 45.3 Å². The molecule has 8 nitrogen and oxygen atoms in total. The van der Waals surface area contributed by atoms with Gasteiger partial charge >= 0.3 is 0 Å². The summed E-state index contributed by atoms with van der Waals surface area (Å²) in [4.78, 5) is 39.9. The normalized spacial score (nSPS) is 19.8. The minimum atomic E-state index is -0.999. The summed E-state index contributed by atoms with van der Waals surface area (Å²) in [5, 5.41) is 12.9. The van der Waals surface area contributed by atoms with Crippen LogP contribution in [-0.2, 0) is 17.8 Å². The Morgan fingerprint density at radius 1 is 1.31 bits per heavy atom. The van der Waals surface area contributed by atoms with Crippen molar-refractivity contribution in [1.82, 2.24) is 14.8 Å². The summed E-state index contributed by atoms with van der Waals surface area (Å²) in [6.07, 6.45) is 1.35. The molecule has 0 radical (unpaired) electrons. The molecular weight excluding hydrogens is 424 g/mol. The van der Waals surface area contributed by atoms with Crippen molar-refractivity contribution < 1.29 is 28.2 Å². The maximum Gasteiger partial charge on any atom is 0.276 e. The van der Waals surface area contributed by atoms with Crippen LogP contribution in [0.3, 0.4) is 0 Å². The summed E-state index contributed by atoms with van der Waals surface area (Å²) in [6, 6.07) is 2.76. The standard InChI is InChI=1S/C22H23F2N3O5/c1-11(2)5-14-10-32-17-9-26-8-15(19(28)20(29)18(26)22(31)27(14)17)21(30)25-7-12-3-4-13(23)6-16(12)24/h3-4,6,8,11,14,17,29H,5,7,9-10H2,1-2H3,(H,25,30)/t14-,17-/m1/s1. The van der Waals surface area contributed by atoms with Gasteiger partial charge in [-0.15, -0.1) is 0 Å². The van der Waals surface area contributed by atoms with Crippen LogP contribution in [0.2, 0.25) is 0 Å². The lowest BCUT2D eigenvalue weighted by atomic mass is 10.0. The quantitative estimate of drug-likeness (QED) is 0.730. The van der Waals surface area contributed by atoms with E-state index in [0.717, 1.165) is 6.07 Å². The van der Waals surface area contributed by atoms with Crippen LogP contribution in [0.25, 0.3) is 0 Å². The zero-order chi connectivity index (χ0) is 23.2. The highest BCUT2D eigenvalue weighted by Gasteiger charge is 2.44. The van der Waals surface area contributed by atoms with Crippen LogP contribution in [0, 0.1) is 17.6 Å². The minimum Gasteiger partial charge on any atom is -0.503 e. The van der Waals surface area contributed by atoms with E-state index in [1.807, 2.05) is 13.8 Å². The number of aromatic hydroxyl groups is 1. The molecule has 2 atom stereocenters. The molecule has 0 spiro atoms. The number of halogens is 2. The van der Waals surface area contributed by atoms with Gasteiger partial charge in [0.15, 0.2) is 17.7 Å². The Balaban J connectivity index is 1.60. The second kappa shape index (κ2) is 8.34. The first-order valence-electron chi connectivity index (χ1n) is 10.3. The molecule has 0 bridgehead atoms. The summed E-state index contributed by atoms with van der Waals surface area (Å²) in [5.41, 5.74) is -1.55. The first kappa shape index (κ1) is 21.9. The van der Waals surface area contributed by atoms with E-state index < -0.39 is 46.4 Å². The van der Waals surface area contributed by atoms with E-state index >= 15 is 0 Å². The van der Waals surface area contributed by atoms with Crippen LogP contribution in [0.4, 0.5) is 8.78 Å². The largest absolute Gasteiger partial charge is 0.503 e. The van der Waals surface area contributed by atoms with Gasteiger partial charge < -0.3 is 24.6 Å². The molecule has 1 fully saturated rings. The molecule has 0 saturated carbocycles. The minimum absolute atomic E-state index is 0.0309. The van der Waals surface area contributed by atoms with Crippen molar-refractivity contribution in [3.8, 4) is 5.75 Å². The van der Waals surface area contributed by atoms with E-state index in [9.17, 15) is 28.3 Å². The second-order valence-electron chi connectivity index (χ2n) is 8.42. The Bertz CT molecular complexity index is 1150. The lowest BCUT2D eigenvalue weighted by molar-refractivity contribution is 0.00518. The number of hydrogen-bond donors (Lipinski definition) is 2. The summed E-state index contributed by atoms with van der Waals surface area (Å²) in [7, 11) is 0. The highest BCUT2D eigenvalue weighted by Crippen LogP contribution is 2.31. The van der Waals surface area contributed by atoms with E-state index in [4.69, 9.17) is 4.74 Å². The number of ether oxygens (including phenoxy) is 1. The molecule has 2 aliphatic rings. The zero-order valence-corrected chi connectivity index (χ0v) is 17.6. The van der Waals surface area contributed by atoms with E-state index in [1.54, 1.807) is 4.90 Å². The first-order chi connectivity index (χ1) is 15.2. The predicted octanol–water partition coefficient (Wildman–Crippen LogP) is 1.99. The van der Waals surface area contributed by atoms with Gasteiger partial charge in [-0.2, -0.15) is 0 Å². The number of nitrogens with zero attached hydrogens (tertiary/aromatic N) is 2. The first-order valence-corrected chi connectivity index (χ1v) is 10.3. The van der Waals surface area contributed by atoms with Crippen molar-refractivity contribution in [2.45, 2.75) is 45.6 Å². The summed E-state index contributed by atoms with van der Waals surface area (Å²) in [5.74, 6) is -3.47. The number of amides is 2. The Labute approximate surface area is 182 Å². The fraction of sp³-hybridized carbons (Fsp3) is 0.409. The molecule has 1 aromatic carbocycles. The van der Waals surface area contributed by atoms with Gasteiger partial charge in [0.1, 0.15) is 17.2 Å². The molecule has 0 unspecified atom stereocenters. The number of benzene rings is 1. The van der Waals surface area contributed by atoms with Gasteiger partial charge in [-0.1, -0.05) is 19.9 Å². The van der Waals surface area contributed by atoms with Crippen LogP contribution >= 0.6 is 0 Å². The molecule has 4 rings (SSSR count). The molecule has 32 heavy (non-hydrogen) atoms. The van der Waals surface area contributed by atoms with Crippen molar-refractivity contribution in [3.05, 3.63) is 63.1 Å². The third-order valence-corrected chi connectivity index (χ3v) is 5.67. The van der Waals surface area contributed by atoms with E-state index in [0.29, 0.717) is 25.0 Å². The Kier molecular flexibility index (Phi) is 5.72. The molecule has 1 aromatic heterocycles. The number of carbonyl (C=O) groups is 2. The van der Waals surface area contributed by atoms with Crippen molar-refractivity contribution in [2.24, 2.45) is 5.92 Å². The third-order valence-electron chi connectivity index (χ3n) is 5.67. The SMILES string of the molecule is CC(C)C[C@@H]1CO[C@@H]2Cn3cc(C(=O)NCc4ccc(F)cc4F)c(=O)c(O)c3C(=O)N12. The van der Waals surface area contributed by atoms with Crippen LogP contribution < -0.4 is 10.7 Å². The summed E-state index contributed by atoms with van der Waals surface area (Å²) < 4.78 is 33.9. The number of nitrogens with one attached hydrogen (secondary N) is 1. The predicted molar refractivity (Wildman–Crippen MR) is 109 cm³/mol. The van der Waals surface area contributed by atoms with Crippen molar-refractivity contribution in [2.75, 3.05) is 6.61 Å². The van der Waals surface area contributed by atoms with Gasteiger partial charge in [0.2, 0.25) is 5.43 Å². The number of aromatic nitrogens is 1. The van der Waals surface area contributed by atoms with Crippen LogP contribution in [0.1, 0.15) is 46.7 Å². The topological polar surface area (TPSA) is 101 Å². The number of rotatable bonds is 5. The van der Waals surface area contributed by atoms with Crippen molar-refractivity contribution >= 4 is 11.8 Å². The fourth-order valence-electron chi connectivity index (χ4n) is 4.19. The number of fused-ring (bicyclic) bond motifs is 2. The van der Waals surface area contributed by atoms with Gasteiger partial charge in [-0.05, 0) is 18.4 Å². The van der Waals surface area contributed by atoms with Crippen LogP contribution in [0.5, 0.6) is 5.75 Å². The number of hydrogen-bond acceptors (Lipinski definition) is 5. The lowest BCUT2D eigenvalue weighted by Crippen LogP contribution is -2.50. The van der Waals surface area contributed by atoms with Gasteiger partial charge in [0.05, 0.1) is 19.2 Å². The monoisotopic (exact) mass is 447 g/mol. The van der Waals surface area contributed by atoms with Crippen molar-refractivity contribution in [1.29, 1.82) is 0 Å². The van der Waals surface area contributed by atoms with E-state index in [1.165, 1.54) is 16.8 Å². The van der Waals surface area contributed by atoms with Crippen molar-refractivity contribution in [3.63, 3.8) is 0 Å². The second-order valence-corrected chi connectivity index (χ2v) is 8.42. The Hall–Kier alpha value is -3.27. The van der Waals surface area contributed by atoms with Crippen LogP contribution in [0.15, 0.2) is 29.2 Å². The number of pyridine rings is 1.